The second-order valence-electron chi connectivity index (χ2n) is 5.45. The molecule has 0 bridgehead atoms. The van der Waals surface area contributed by atoms with E-state index < -0.39 is 0 Å². The second-order valence-corrected chi connectivity index (χ2v) is 5.45. The minimum Gasteiger partial charge on any atom is -0.372 e. The third-order valence-electron chi connectivity index (χ3n) is 4.10. The molecule has 2 aromatic rings. The van der Waals surface area contributed by atoms with E-state index in [0.29, 0.717) is 0 Å². The number of nitrogens with one attached hydrogen (secondary N) is 1. The predicted molar refractivity (Wildman–Crippen MR) is 95.9 cm³/mol. The molecule has 0 saturated heterocycles. The molecule has 4 nitrogen and oxygen atoms in total. The SMILES string of the molecule is CCC(C(=O)Nc1ccc(N(CC)CC)cc1)c1ccncc1. The first-order valence-corrected chi connectivity index (χ1v) is 8.25. The Morgan fingerprint density at radius 2 is 1.65 bits per heavy atom. The summed E-state index contributed by atoms with van der Waals surface area (Å²) in [5.74, 6) is -0.130. The van der Waals surface area contributed by atoms with Crippen LogP contribution in [0.2, 0.25) is 0 Å². The van der Waals surface area contributed by atoms with E-state index in [0.717, 1.165) is 30.8 Å². The molecule has 0 radical (unpaired) electrons. The summed E-state index contributed by atoms with van der Waals surface area (Å²) in [6, 6.07) is 11.8. The molecule has 0 aliphatic carbocycles. The van der Waals surface area contributed by atoms with E-state index in [2.05, 4.69) is 41.2 Å². The van der Waals surface area contributed by atoms with E-state index in [4.69, 9.17) is 0 Å². The highest BCUT2D eigenvalue weighted by molar-refractivity contribution is 5.95. The molecule has 1 aromatic heterocycles. The van der Waals surface area contributed by atoms with E-state index in [1.807, 2.05) is 31.2 Å². The van der Waals surface area contributed by atoms with E-state index in [1.54, 1.807) is 12.4 Å². The van der Waals surface area contributed by atoms with Crippen LogP contribution in [0.15, 0.2) is 48.8 Å². The fourth-order valence-corrected chi connectivity index (χ4v) is 2.74. The Morgan fingerprint density at radius 1 is 1.04 bits per heavy atom. The zero-order valence-corrected chi connectivity index (χ0v) is 14.1. The Kier molecular flexibility index (Phi) is 6.15. The maximum absolute atomic E-state index is 12.5. The number of benzene rings is 1. The average Bonchev–Trinajstić information content (AvgIpc) is 2.59. The van der Waals surface area contributed by atoms with Crippen LogP contribution in [0.4, 0.5) is 11.4 Å². The molecule has 0 spiro atoms. The Labute approximate surface area is 138 Å². The molecular formula is C19H25N3O. The van der Waals surface area contributed by atoms with Crippen LogP contribution in [0.5, 0.6) is 0 Å². The van der Waals surface area contributed by atoms with Crippen molar-refractivity contribution in [2.75, 3.05) is 23.3 Å². The Bertz CT molecular complexity index is 606. The molecule has 1 atom stereocenters. The summed E-state index contributed by atoms with van der Waals surface area (Å²) in [4.78, 5) is 18.8. The molecular weight excluding hydrogens is 286 g/mol. The van der Waals surface area contributed by atoms with Crippen LogP contribution < -0.4 is 10.2 Å². The first-order valence-electron chi connectivity index (χ1n) is 8.25. The summed E-state index contributed by atoms with van der Waals surface area (Å²) in [6.07, 6.45) is 4.21. The minimum atomic E-state index is -0.152. The van der Waals surface area contributed by atoms with Gasteiger partial charge in [0.05, 0.1) is 5.92 Å². The monoisotopic (exact) mass is 311 g/mol. The van der Waals surface area contributed by atoms with Gasteiger partial charge >= 0.3 is 0 Å². The van der Waals surface area contributed by atoms with Crippen LogP contribution >= 0.6 is 0 Å². The van der Waals surface area contributed by atoms with Crippen LogP contribution in [0.25, 0.3) is 0 Å². The number of amides is 1. The first-order chi connectivity index (χ1) is 11.2. The molecule has 2 rings (SSSR count). The quantitative estimate of drug-likeness (QED) is 0.838. The maximum atomic E-state index is 12.5. The fourth-order valence-electron chi connectivity index (χ4n) is 2.74. The lowest BCUT2D eigenvalue weighted by Crippen LogP contribution is -2.22. The molecule has 0 aliphatic rings. The highest BCUT2D eigenvalue weighted by atomic mass is 16.1. The van der Waals surface area contributed by atoms with Gasteiger partial charge in [-0.1, -0.05) is 6.92 Å². The van der Waals surface area contributed by atoms with Crippen molar-refractivity contribution in [2.45, 2.75) is 33.1 Å². The van der Waals surface area contributed by atoms with Crippen molar-refractivity contribution in [1.82, 2.24) is 4.98 Å². The molecule has 1 unspecified atom stereocenters. The van der Waals surface area contributed by atoms with Crippen LogP contribution in [0, 0.1) is 0 Å². The normalized spacial score (nSPS) is 11.8. The largest absolute Gasteiger partial charge is 0.372 e. The van der Waals surface area contributed by atoms with E-state index in [1.165, 1.54) is 5.69 Å². The van der Waals surface area contributed by atoms with E-state index in [9.17, 15) is 4.79 Å². The maximum Gasteiger partial charge on any atom is 0.231 e. The second kappa shape index (κ2) is 8.32. The van der Waals surface area contributed by atoms with Gasteiger partial charge in [0.15, 0.2) is 0 Å². The summed E-state index contributed by atoms with van der Waals surface area (Å²) in [7, 11) is 0. The summed E-state index contributed by atoms with van der Waals surface area (Å²) in [5.41, 5.74) is 3.01. The van der Waals surface area contributed by atoms with Crippen LogP contribution in [0.1, 0.15) is 38.7 Å². The fraction of sp³-hybridized carbons (Fsp3) is 0.368. The standard InChI is InChI=1S/C19H25N3O/c1-4-18(15-11-13-20-14-12-15)19(23)21-16-7-9-17(10-8-16)22(5-2)6-3/h7-14,18H,4-6H2,1-3H3,(H,21,23). The number of hydrogen-bond acceptors (Lipinski definition) is 3. The van der Waals surface area contributed by atoms with E-state index >= 15 is 0 Å². The average molecular weight is 311 g/mol. The molecule has 1 N–H and O–H groups in total. The van der Waals surface area contributed by atoms with Crippen LogP contribution in [-0.4, -0.2) is 24.0 Å². The molecule has 0 aliphatic heterocycles. The van der Waals surface area contributed by atoms with Gasteiger partial charge in [-0.15, -0.1) is 0 Å². The van der Waals surface area contributed by atoms with Crippen molar-refractivity contribution >= 4 is 17.3 Å². The number of nitrogens with zero attached hydrogens (tertiary/aromatic N) is 2. The lowest BCUT2D eigenvalue weighted by atomic mass is 9.96. The van der Waals surface area contributed by atoms with Gasteiger partial charge in [0.1, 0.15) is 0 Å². The van der Waals surface area contributed by atoms with Crippen LogP contribution in [-0.2, 0) is 4.79 Å². The van der Waals surface area contributed by atoms with Gasteiger partial charge in [0.25, 0.3) is 0 Å². The molecule has 122 valence electrons. The van der Waals surface area contributed by atoms with Gasteiger partial charge in [-0.3, -0.25) is 9.78 Å². The number of hydrogen-bond donors (Lipinski definition) is 1. The molecule has 0 saturated carbocycles. The zero-order chi connectivity index (χ0) is 16.7. The molecule has 4 heteroatoms. The van der Waals surface area contributed by atoms with Crippen molar-refractivity contribution < 1.29 is 4.79 Å². The Morgan fingerprint density at radius 3 is 2.17 bits per heavy atom. The van der Waals surface area contributed by atoms with Gasteiger partial charge in [-0.2, -0.15) is 0 Å². The zero-order valence-electron chi connectivity index (χ0n) is 14.1. The first kappa shape index (κ1) is 17.0. The summed E-state index contributed by atoms with van der Waals surface area (Å²) >= 11 is 0. The number of carbonyl (C=O) groups is 1. The number of pyridine rings is 1. The minimum absolute atomic E-state index is 0.0225. The third-order valence-corrected chi connectivity index (χ3v) is 4.10. The lowest BCUT2D eigenvalue weighted by molar-refractivity contribution is -0.117. The highest BCUT2D eigenvalue weighted by Crippen LogP contribution is 2.22. The van der Waals surface area contributed by atoms with Crippen molar-refractivity contribution in [3.05, 3.63) is 54.4 Å². The third kappa shape index (κ3) is 4.31. The van der Waals surface area contributed by atoms with E-state index in [-0.39, 0.29) is 11.8 Å². The van der Waals surface area contributed by atoms with Crippen molar-refractivity contribution in [1.29, 1.82) is 0 Å². The Hall–Kier alpha value is -2.36. The van der Waals surface area contributed by atoms with Crippen molar-refractivity contribution in [2.24, 2.45) is 0 Å². The van der Waals surface area contributed by atoms with Gasteiger partial charge in [-0.05, 0) is 62.2 Å². The lowest BCUT2D eigenvalue weighted by Gasteiger charge is -2.21. The molecule has 0 fully saturated rings. The number of carbonyl (C=O) groups excluding carboxylic acids is 1. The topological polar surface area (TPSA) is 45.2 Å². The highest BCUT2D eigenvalue weighted by Gasteiger charge is 2.18. The molecule has 1 heterocycles. The summed E-state index contributed by atoms with van der Waals surface area (Å²) in [6.45, 7) is 8.25. The van der Waals surface area contributed by atoms with Crippen molar-refractivity contribution in [3.8, 4) is 0 Å². The summed E-state index contributed by atoms with van der Waals surface area (Å²) in [5, 5.41) is 3.02. The molecule has 1 amide bonds. The summed E-state index contributed by atoms with van der Waals surface area (Å²) < 4.78 is 0. The number of aromatic nitrogens is 1. The van der Waals surface area contributed by atoms with Gasteiger partial charge < -0.3 is 10.2 Å². The smallest absolute Gasteiger partial charge is 0.231 e. The predicted octanol–water partition coefficient (Wildman–Crippen LogP) is 4.06. The Balaban J connectivity index is 2.07. The van der Waals surface area contributed by atoms with Gasteiger partial charge in [-0.25, -0.2) is 0 Å². The van der Waals surface area contributed by atoms with Crippen LogP contribution in [0.3, 0.4) is 0 Å². The van der Waals surface area contributed by atoms with Gasteiger partial charge in [0, 0.05) is 36.9 Å². The van der Waals surface area contributed by atoms with Crippen molar-refractivity contribution in [3.63, 3.8) is 0 Å². The number of anilines is 2. The van der Waals surface area contributed by atoms with Gasteiger partial charge in [0.2, 0.25) is 5.91 Å². The molecule has 23 heavy (non-hydrogen) atoms. The number of rotatable bonds is 7. The molecule has 1 aromatic carbocycles.